The van der Waals surface area contributed by atoms with E-state index in [0.717, 1.165) is 30.6 Å². The summed E-state index contributed by atoms with van der Waals surface area (Å²) >= 11 is 0.776. The van der Waals surface area contributed by atoms with Crippen molar-refractivity contribution in [1.29, 1.82) is 0 Å². The summed E-state index contributed by atoms with van der Waals surface area (Å²) in [7, 11) is 0. The van der Waals surface area contributed by atoms with Gasteiger partial charge in [0, 0.05) is 19.6 Å². The Morgan fingerprint density at radius 2 is 2.09 bits per heavy atom. The maximum Gasteiger partial charge on any atom is 0.343 e. The van der Waals surface area contributed by atoms with Crippen LogP contribution >= 0.6 is 11.3 Å². The van der Waals surface area contributed by atoms with Crippen LogP contribution in [0.4, 0.5) is 9.80 Å². The first kappa shape index (κ1) is 17.1. The number of nitrogens with zero attached hydrogens (tertiary/aromatic N) is 4. The van der Waals surface area contributed by atoms with Gasteiger partial charge >= 0.3 is 11.0 Å². The van der Waals surface area contributed by atoms with Gasteiger partial charge < -0.3 is 14.8 Å². The number of urea groups is 1. The van der Waals surface area contributed by atoms with Crippen LogP contribution in [0.2, 0.25) is 0 Å². The van der Waals surface area contributed by atoms with Gasteiger partial charge in [-0.2, -0.15) is 4.99 Å². The first-order chi connectivity index (χ1) is 11.0. The van der Waals surface area contributed by atoms with Crippen molar-refractivity contribution < 1.29 is 14.5 Å². The van der Waals surface area contributed by atoms with Crippen LogP contribution in [0.3, 0.4) is 0 Å². The SMILES string of the molecule is CCNC(=O)/N=c1\sc([N+](=O)[O-])cn1CC(=O)N1CCCCC1. The number of thiazole rings is 1. The van der Waals surface area contributed by atoms with Crippen LogP contribution in [-0.4, -0.2) is 46.0 Å². The molecule has 126 valence electrons. The summed E-state index contributed by atoms with van der Waals surface area (Å²) in [5.41, 5.74) is 0. The van der Waals surface area contributed by atoms with Crippen molar-refractivity contribution in [2.75, 3.05) is 19.6 Å². The van der Waals surface area contributed by atoms with Crippen molar-refractivity contribution in [2.45, 2.75) is 32.7 Å². The number of nitro groups is 1. The maximum absolute atomic E-state index is 12.3. The topological polar surface area (TPSA) is 110 Å². The Balaban J connectivity index is 2.23. The van der Waals surface area contributed by atoms with Crippen LogP contribution in [0.25, 0.3) is 0 Å². The zero-order chi connectivity index (χ0) is 16.8. The molecule has 2 heterocycles. The zero-order valence-electron chi connectivity index (χ0n) is 12.9. The Morgan fingerprint density at radius 3 is 2.70 bits per heavy atom. The van der Waals surface area contributed by atoms with Gasteiger partial charge in [-0.15, -0.1) is 0 Å². The van der Waals surface area contributed by atoms with Crippen molar-refractivity contribution >= 4 is 28.3 Å². The number of rotatable bonds is 4. The number of amides is 3. The van der Waals surface area contributed by atoms with Gasteiger partial charge in [-0.05, 0) is 37.5 Å². The third-order valence-corrected chi connectivity index (χ3v) is 4.40. The monoisotopic (exact) mass is 341 g/mol. The number of hydrogen-bond donors (Lipinski definition) is 1. The normalized spacial score (nSPS) is 15.5. The van der Waals surface area contributed by atoms with Crippen LogP contribution < -0.4 is 10.1 Å². The Hall–Kier alpha value is -2.23. The Bertz CT molecular complexity index is 660. The molecule has 1 aliphatic heterocycles. The molecule has 1 saturated heterocycles. The largest absolute Gasteiger partial charge is 0.343 e. The molecule has 1 aromatic rings. The van der Waals surface area contributed by atoms with Crippen LogP contribution in [0.1, 0.15) is 26.2 Å². The van der Waals surface area contributed by atoms with E-state index in [-0.39, 0.29) is 22.3 Å². The van der Waals surface area contributed by atoms with Crippen molar-refractivity contribution in [1.82, 2.24) is 14.8 Å². The molecule has 0 spiro atoms. The summed E-state index contributed by atoms with van der Waals surface area (Å²) in [6.45, 7) is 3.51. The number of hydrogen-bond acceptors (Lipinski definition) is 5. The van der Waals surface area contributed by atoms with E-state index in [1.807, 2.05) is 0 Å². The minimum Gasteiger partial charge on any atom is -0.341 e. The first-order valence-electron chi connectivity index (χ1n) is 7.46. The van der Waals surface area contributed by atoms with Crippen molar-refractivity contribution in [3.8, 4) is 0 Å². The van der Waals surface area contributed by atoms with Gasteiger partial charge in [0.15, 0.2) is 0 Å². The molecule has 0 aromatic carbocycles. The van der Waals surface area contributed by atoms with E-state index in [4.69, 9.17) is 0 Å². The van der Waals surface area contributed by atoms with Crippen LogP contribution in [0.15, 0.2) is 11.2 Å². The molecule has 0 unspecified atom stereocenters. The standard InChI is InChI=1S/C13H19N5O4S/c1-2-14-12(20)15-13-17(9-11(23-13)18(21)22)8-10(19)16-6-4-3-5-7-16/h9H,2-8H2,1H3,(H,14,20)/b15-13-. The molecular formula is C13H19N5O4S. The molecule has 1 aliphatic rings. The van der Waals surface area contributed by atoms with Crippen LogP contribution in [-0.2, 0) is 11.3 Å². The molecule has 1 aromatic heterocycles. The second kappa shape index (κ2) is 7.86. The molecule has 0 aliphatic carbocycles. The van der Waals surface area contributed by atoms with Crippen molar-refractivity contribution in [3.63, 3.8) is 0 Å². The highest BCUT2D eigenvalue weighted by atomic mass is 32.1. The minimum absolute atomic E-state index is 0.0530. The van der Waals surface area contributed by atoms with E-state index in [1.54, 1.807) is 11.8 Å². The third kappa shape index (κ3) is 4.62. The van der Waals surface area contributed by atoms with Gasteiger partial charge in [-0.25, -0.2) is 4.79 Å². The summed E-state index contributed by atoms with van der Waals surface area (Å²) in [5, 5.41) is 13.3. The third-order valence-electron chi connectivity index (χ3n) is 3.43. The molecular weight excluding hydrogens is 322 g/mol. The van der Waals surface area contributed by atoms with Crippen molar-refractivity contribution in [3.05, 3.63) is 21.1 Å². The second-order valence-electron chi connectivity index (χ2n) is 5.13. The van der Waals surface area contributed by atoms with Gasteiger partial charge in [-0.1, -0.05) is 0 Å². The summed E-state index contributed by atoms with van der Waals surface area (Å²) in [4.78, 5) is 40.0. The van der Waals surface area contributed by atoms with E-state index < -0.39 is 11.0 Å². The fraction of sp³-hybridized carbons (Fsp3) is 0.615. The van der Waals surface area contributed by atoms with Gasteiger partial charge in [0.25, 0.3) is 0 Å². The number of nitrogens with one attached hydrogen (secondary N) is 1. The quantitative estimate of drug-likeness (QED) is 0.653. The van der Waals surface area contributed by atoms with Gasteiger partial charge in [0.05, 0.1) is 11.1 Å². The maximum atomic E-state index is 12.3. The van der Waals surface area contributed by atoms with E-state index in [1.165, 1.54) is 10.8 Å². The lowest BCUT2D eigenvalue weighted by molar-refractivity contribution is -0.380. The van der Waals surface area contributed by atoms with Crippen LogP contribution in [0, 0.1) is 10.1 Å². The molecule has 9 nitrogen and oxygen atoms in total. The fourth-order valence-corrected chi connectivity index (χ4v) is 3.12. The van der Waals surface area contributed by atoms with Gasteiger partial charge in [0.1, 0.15) is 6.54 Å². The van der Waals surface area contributed by atoms with Gasteiger partial charge in [0.2, 0.25) is 10.7 Å². The minimum atomic E-state index is -0.580. The molecule has 0 atom stereocenters. The van der Waals surface area contributed by atoms with Gasteiger partial charge in [-0.3, -0.25) is 14.9 Å². The van der Waals surface area contributed by atoms with E-state index in [2.05, 4.69) is 10.3 Å². The highest BCUT2D eigenvalue weighted by molar-refractivity contribution is 7.12. The number of aromatic nitrogens is 1. The predicted molar refractivity (Wildman–Crippen MR) is 84.0 cm³/mol. The average Bonchev–Trinajstić information content (AvgIpc) is 2.91. The molecule has 0 radical (unpaired) electrons. The van der Waals surface area contributed by atoms with E-state index in [9.17, 15) is 19.7 Å². The molecule has 10 heteroatoms. The molecule has 3 amide bonds. The molecule has 1 N–H and O–H groups in total. The molecule has 0 saturated carbocycles. The number of piperidine rings is 1. The lowest BCUT2D eigenvalue weighted by atomic mass is 10.1. The predicted octanol–water partition coefficient (Wildman–Crippen LogP) is 1.10. The number of carbonyl (C=O) groups excluding carboxylic acids is 2. The van der Waals surface area contributed by atoms with E-state index >= 15 is 0 Å². The highest BCUT2D eigenvalue weighted by Crippen LogP contribution is 2.15. The summed E-state index contributed by atoms with van der Waals surface area (Å²) in [5.74, 6) is -0.116. The number of likely N-dealkylation sites (tertiary alicyclic amines) is 1. The summed E-state index contributed by atoms with van der Waals surface area (Å²) in [6.07, 6.45) is 4.30. The zero-order valence-corrected chi connectivity index (χ0v) is 13.7. The Kier molecular flexibility index (Phi) is 5.85. The molecule has 23 heavy (non-hydrogen) atoms. The first-order valence-corrected chi connectivity index (χ1v) is 8.28. The molecule has 1 fully saturated rings. The Morgan fingerprint density at radius 1 is 1.39 bits per heavy atom. The highest BCUT2D eigenvalue weighted by Gasteiger charge is 2.20. The lowest BCUT2D eigenvalue weighted by Crippen LogP contribution is -2.39. The van der Waals surface area contributed by atoms with Crippen molar-refractivity contribution in [2.24, 2.45) is 4.99 Å². The summed E-state index contributed by atoms with van der Waals surface area (Å²) < 4.78 is 1.37. The number of carbonyl (C=O) groups is 2. The smallest absolute Gasteiger partial charge is 0.341 e. The molecule has 0 bridgehead atoms. The van der Waals surface area contributed by atoms with Crippen LogP contribution in [0.5, 0.6) is 0 Å². The second-order valence-corrected chi connectivity index (χ2v) is 6.11. The average molecular weight is 341 g/mol. The molecule has 2 rings (SSSR count). The van der Waals surface area contributed by atoms with E-state index in [0.29, 0.717) is 19.6 Å². The summed E-state index contributed by atoms with van der Waals surface area (Å²) in [6, 6.07) is -0.580. The Labute approximate surface area is 136 Å². The fourth-order valence-electron chi connectivity index (χ4n) is 2.32. The lowest BCUT2D eigenvalue weighted by Gasteiger charge is -2.26.